The third-order valence-corrected chi connectivity index (χ3v) is 4.99. The maximum absolute atomic E-state index is 13.0. The summed E-state index contributed by atoms with van der Waals surface area (Å²) in [6.45, 7) is 0.565. The van der Waals surface area contributed by atoms with Crippen molar-refractivity contribution in [2.75, 3.05) is 11.9 Å². The summed E-state index contributed by atoms with van der Waals surface area (Å²) < 4.78 is 7.63. The van der Waals surface area contributed by atoms with Gasteiger partial charge in [-0.2, -0.15) is 0 Å². The molecule has 3 aromatic rings. The van der Waals surface area contributed by atoms with Gasteiger partial charge in [0, 0.05) is 26.0 Å². The van der Waals surface area contributed by atoms with Gasteiger partial charge in [-0.25, -0.2) is 0 Å². The zero-order chi connectivity index (χ0) is 20.2. The van der Waals surface area contributed by atoms with Crippen molar-refractivity contribution in [2.24, 2.45) is 7.05 Å². The van der Waals surface area contributed by atoms with Crippen molar-refractivity contribution < 1.29 is 14.3 Å². The summed E-state index contributed by atoms with van der Waals surface area (Å²) in [5.41, 5.74) is 1.13. The number of aromatic nitrogens is 2. The van der Waals surface area contributed by atoms with E-state index in [1.54, 1.807) is 52.2 Å². The third kappa shape index (κ3) is 3.99. The summed E-state index contributed by atoms with van der Waals surface area (Å²) in [4.78, 5) is 31.6. The molecule has 1 unspecified atom stereocenters. The Labute approximate surface area is 168 Å². The number of aryl methyl sites for hydroxylation is 1. The summed E-state index contributed by atoms with van der Waals surface area (Å²) in [5.74, 6) is 0.755. The van der Waals surface area contributed by atoms with E-state index < -0.39 is 6.04 Å². The second-order valence-corrected chi connectivity index (χ2v) is 6.94. The average Bonchev–Trinajstić information content (AvgIpc) is 3.39. The number of likely N-dealkylation sites (tertiary alicyclic amines) is 1. The van der Waals surface area contributed by atoms with Crippen molar-refractivity contribution >= 4 is 17.5 Å². The van der Waals surface area contributed by atoms with Crippen LogP contribution in [0.25, 0.3) is 0 Å². The van der Waals surface area contributed by atoms with Gasteiger partial charge < -0.3 is 19.5 Å². The Hall–Kier alpha value is -3.61. The molecule has 4 rings (SSSR count). The summed E-state index contributed by atoms with van der Waals surface area (Å²) in [6, 6.07) is 13.9. The van der Waals surface area contributed by atoms with Crippen LogP contribution in [-0.2, 0) is 11.8 Å². The number of ether oxygens (including phenoxy) is 1. The molecule has 0 bridgehead atoms. The molecule has 0 saturated carbocycles. The largest absolute Gasteiger partial charge is 0.454 e. The molecule has 1 saturated heterocycles. The number of carbonyl (C=O) groups is 2. The first-order chi connectivity index (χ1) is 14.1. The molecule has 1 fully saturated rings. The van der Waals surface area contributed by atoms with Crippen molar-refractivity contribution in [1.82, 2.24) is 14.5 Å². The fraction of sp³-hybridized carbons (Fsp3) is 0.227. The normalized spacial score (nSPS) is 15.9. The number of benzene rings is 1. The van der Waals surface area contributed by atoms with E-state index >= 15 is 0 Å². The average molecular weight is 390 g/mol. The minimum absolute atomic E-state index is 0.130. The lowest BCUT2D eigenvalue weighted by atomic mass is 10.2. The van der Waals surface area contributed by atoms with Crippen LogP contribution in [0.15, 0.2) is 67.1 Å². The van der Waals surface area contributed by atoms with Crippen molar-refractivity contribution in [2.45, 2.75) is 18.9 Å². The Morgan fingerprint density at radius 2 is 2.00 bits per heavy atom. The lowest BCUT2D eigenvalue weighted by molar-refractivity contribution is -0.119. The smallest absolute Gasteiger partial charge is 0.271 e. The highest BCUT2D eigenvalue weighted by Gasteiger charge is 2.35. The molecular formula is C22H22N4O3. The minimum Gasteiger partial charge on any atom is -0.454 e. The summed E-state index contributed by atoms with van der Waals surface area (Å²) in [5, 5.41) is 2.93. The van der Waals surface area contributed by atoms with E-state index in [2.05, 4.69) is 10.3 Å². The lowest BCUT2D eigenvalue weighted by Gasteiger charge is -2.24. The molecule has 2 amide bonds. The van der Waals surface area contributed by atoms with Gasteiger partial charge in [0.05, 0.1) is 11.9 Å². The number of nitrogens with one attached hydrogen (secondary N) is 1. The molecule has 1 atom stereocenters. The quantitative estimate of drug-likeness (QED) is 0.724. The van der Waals surface area contributed by atoms with Crippen LogP contribution in [0, 0.1) is 0 Å². The highest BCUT2D eigenvalue weighted by molar-refractivity contribution is 6.01. The predicted molar refractivity (Wildman–Crippen MR) is 109 cm³/mol. The second-order valence-electron chi connectivity index (χ2n) is 6.94. The standard InChI is InChI=1S/C22H22N4O3/c1-25-13-5-10-19(25)22(28)26-14-6-9-18(26)21(27)24-17-8-2-3-11-20(17)29-16-7-4-12-23-15-16/h2-5,7-8,10-13,15,18H,6,9,14H2,1H3,(H,24,27). The van der Waals surface area contributed by atoms with Gasteiger partial charge in [0.2, 0.25) is 5.91 Å². The molecule has 7 heteroatoms. The molecule has 0 spiro atoms. The second kappa shape index (κ2) is 8.18. The van der Waals surface area contributed by atoms with Crippen molar-refractivity contribution in [3.05, 3.63) is 72.8 Å². The summed E-state index contributed by atoms with van der Waals surface area (Å²) in [6.07, 6.45) is 6.52. The van der Waals surface area contributed by atoms with E-state index in [1.807, 2.05) is 31.4 Å². The maximum Gasteiger partial charge on any atom is 0.271 e. The molecule has 7 nitrogen and oxygen atoms in total. The van der Waals surface area contributed by atoms with Crippen LogP contribution in [0.2, 0.25) is 0 Å². The van der Waals surface area contributed by atoms with Gasteiger partial charge in [0.25, 0.3) is 5.91 Å². The highest BCUT2D eigenvalue weighted by Crippen LogP contribution is 2.30. The van der Waals surface area contributed by atoms with Gasteiger partial charge in [-0.1, -0.05) is 12.1 Å². The van der Waals surface area contributed by atoms with E-state index in [0.717, 1.165) is 6.42 Å². The van der Waals surface area contributed by atoms with E-state index in [-0.39, 0.29) is 11.8 Å². The molecule has 29 heavy (non-hydrogen) atoms. The van der Waals surface area contributed by atoms with E-state index in [1.165, 1.54) is 0 Å². The monoisotopic (exact) mass is 390 g/mol. The molecule has 1 N–H and O–H groups in total. The fourth-order valence-corrected chi connectivity index (χ4v) is 3.52. The van der Waals surface area contributed by atoms with Gasteiger partial charge in [-0.05, 0) is 49.2 Å². The van der Waals surface area contributed by atoms with Gasteiger partial charge in [-0.15, -0.1) is 0 Å². The molecule has 1 aliphatic rings. The number of hydrogen-bond donors (Lipinski definition) is 1. The SMILES string of the molecule is Cn1cccc1C(=O)N1CCCC1C(=O)Nc1ccccc1Oc1cccnc1. The minimum atomic E-state index is -0.510. The number of para-hydroxylation sites is 2. The molecule has 1 aliphatic heterocycles. The topological polar surface area (TPSA) is 76.5 Å². The molecule has 148 valence electrons. The highest BCUT2D eigenvalue weighted by atomic mass is 16.5. The Morgan fingerprint density at radius 1 is 1.14 bits per heavy atom. The fourth-order valence-electron chi connectivity index (χ4n) is 3.52. The Kier molecular flexibility index (Phi) is 5.29. The molecule has 0 aliphatic carbocycles. The molecule has 0 radical (unpaired) electrons. The van der Waals surface area contributed by atoms with Crippen LogP contribution in [0.4, 0.5) is 5.69 Å². The number of pyridine rings is 1. The number of rotatable bonds is 5. The zero-order valence-corrected chi connectivity index (χ0v) is 16.1. The first-order valence-electron chi connectivity index (χ1n) is 9.53. The Bertz CT molecular complexity index is 1020. The van der Waals surface area contributed by atoms with Crippen molar-refractivity contribution in [3.63, 3.8) is 0 Å². The lowest BCUT2D eigenvalue weighted by Crippen LogP contribution is -2.43. The number of hydrogen-bond acceptors (Lipinski definition) is 4. The van der Waals surface area contributed by atoms with Gasteiger partial charge in [0.15, 0.2) is 5.75 Å². The zero-order valence-electron chi connectivity index (χ0n) is 16.1. The van der Waals surface area contributed by atoms with E-state index in [4.69, 9.17) is 4.74 Å². The number of anilines is 1. The predicted octanol–water partition coefficient (Wildman–Crippen LogP) is 3.46. The third-order valence-electron chi connectivity index (χ3n) is 4.99. The van der Waals surface area contributed by atoms with Crippen molar-refractivity contribution in [1.29, 1.82) is 0 Å². The maximum atomic E-state index is 13.0. The van der Waals surface area contributed by atoms with Gasteiger partial charge in [-0.3, -0.25) is 14.6 Å². The molecular weight excluding hydrogens is 368 g/mol. The first kappa shape index (κ1) is 18.7. The Morgan fingerprint density at radius 3 is 2.76 bits per heavy atom. The first-order valence-corrected chi connectivity index (χ1v) is 9.53. The van der Waals surface area contributed by atoms with Gasteiger partial charge >= 0.3 is 0 Å². The number of carbonyl (C=O) groups excluding carboxylic acids is 2. The molecule has 2 aromatic heterocycles. The number of nitrogens with zero attached hydrogens (tertiary/aromatic N) is 3. The molecule has 1 aromatic carbocycles. The van der Waals surface area contributed by atoms with Crippen molar-refractivity contribution in [3.8, 4) is 11.5 Å². The van der Waals surface area contributed by atoms with Crippen LogP contribution < -0.4 is 10.1 Å². The van der Waals surface area contributed by atoms with Crippen LogP contribution in [0.3, 0.4) is 0 Å². The summed E-state index contributed by atoms with van der Waals surface area (Å²) in [7, 11) is 1.82. The van der Waals surface area contributed by atoms with Crippen LogP contribution in [0.1, 0.15) is 23.3 Å². The summed E-state index contributed by atoms with van der Waals surface area (Å²) >= 11 is 0. The number of amides is 2. The van der Waals surface area contributed by atoms with Crippen LogP contribution in [-0.4, -0.2) is 38.9 Å². The van der Waals surface area contributed by atoms with E-state index in [0.29, 0.717) is 35.8 Å². The van der Waals surface area contributed by atoms with E-state index in [9.17, 15) is 9.59 Å². The van der Waals surface area contributed by atoms with Crippen LogP contribution >= 0.6 is 0 Å². The van der Waals surface area contributed by atoms with Crippen LogP contribution in [0.5, 0.6) is 11.5 Å². The molecule has 3 heterocycles. The van der Waals surface area contributed by atoms with Gasteiger partial charge in [0.1, 0.15) is 17.5 Å². The Balaban J connectivity index is 1.51.